The highest BCUT2D eigenvalue weighted by Crippen LogP contribution is 2.57. The van der Waals surface area contributed by atoms with E-state index in [0.29, 0.717) is 6.42 Å². The molecule has 22 heavy (non-hydrogen) atoms. The lowest BCUT2D eigenvalue weighted by atomic mass is 9.64. The summed E-state index contributed by atoms with van der Waals surface area (Å²) < 4.78 is 14.4. The second-order valence-electron chi connectivity index (χ2n) is 7.82. The van der Waals surface area contributed by atoms with Gasteiger partial charge in [0.2, 0.25) is 0 Å². The standard InChI is InChI=1S/C19H28FNO/c1-5-13-6-7-16(20)15-12-18(2,3)19(22,17(13)15)14-8-10-21(4)11-9-14/h6-7,14,22H,5,8-12H2,1-4H3. The molecule has 0 radical (unpaired) electrons. The fraction of sp³-hybridized carbons (Fsp3) is 0.684. The van der Waals surface area contributed by atoms with Crippen molar-refractivity contribution in [2.24, 2.45) is 11.3 Å². The third-order valence-corrected chi connectivity index (χ3v) is 6.06. The number of rotatable bonds is 2. The summed E-state index contributed by atoms with van der Waals surface area (Å²) in [5.74, 6) is 0.0659. The molecule has 0 bridgehead atoms. The summed E-state index contributed by atoms with van der Waals surface area (Å²) in [6.45, 7) is 8.31. The summed E-state index contributed by atoms with van der Waals surface area (Å²) >= 11 is 0. The van der Waals surface area contributed by atoms with Crippen LogP contribution in [0, 0.1) is 17.2 Å². The number of hydrogen-bond donors (Lipinski definition) is 1. The minimum Gasteiger partial charge on any atom is -0.384 e. The minimum atomic E-state index is -0.906. The van der Waals surface area contributed by atoms with E-state index in [9.17, 15) is 9.50 Å². The SMILES string of the molecule is CCc1ccc(F)c2c1C(O)(C1CCN(C)CC1)C(C)(C)C2. The third kappa shape index (κ3) is 2.13. The van der Waals surface area contributed by atoms with Gasteiger partial charge < -0.3 is 10.0 Å². The Balaban J connectivity index is 2.13. The summed E-state index contributed by atoms with van der Waals surface area (Å²) in [6, 6.07) is 3.45. The molecule has 1 fully saturated rings. The Hall–Kier alpha value is -0.930. The molecule has 1 aromatic carbocycles. The number of piperidine rings is 1. The van der Waals surface area contributed by atoms with Crippen LogP contribution in [0.3, 0.4) is 0 Å². The zero-order valence-electron chi connectivity index (χ0n) is 14.2. The normalized spacial score (nSPS) is 28.8. The molecule has 3 rings (SSSR count). The van der Waals surface area contributed by atoms with Gasteiger partial charge in [0.25, 0.3) is 0 Å². The molecule has 122 valence electrons. The molecular weight excluding hydrogens is 277 g/mol. The van der Waals surface area contributed by atoms with Crippen molar-refractivity contribution in [3.05, 3.63) is 34.6 Å². The number of fused-ring (bicyclic) bond motifs is 1. The van der Waals surface area contributed by atoms with Gasteiger partial charge in [0, 0.05) is 5.41 Å². The van der Waals surface area contributed by atoms with Gasteiger partial charge in [0.1, 0.15) is 5.82 Å². The number of benzene rings is 1. The van der Waals surface area contributed by atoms with E-state index in [1.165, 1.54) is 0 Å². The number of hydrogen-bond acceptors (Lipinski definition) is 2. The molecule has 1 unspecified atom stereocenters. The predicted octanol–water partition coefficient (Wildman–Crippen LogP) is 3.50. The van der Waals surface area contributed by atoms with Crippen molar-refractivity contribution >= 4 is 0 Å². The fourth-order valence-corrected chi connectivity index (χ4v) is 4.71. The van der Waals surface area contributed by atoms with Crippen LogP contribution in [0.1, 0.15) is 50.3 Å². The van der Waals surface area contributed by atoms with Gasteiger partial charge in [-0.3, -0.25) is 0 Å². The maximum Gasteiger partial charge on any atom is 0.126 e. The van der Waals surface area contributed by atoms with Gasteiger partial charge in [0.05, 0.1) is 5.60 Å². The fourth-order valence-electron chi connectivity index (χ4n) is 4.71. The Morgan fingerprint density at radius 2 is 1.91 bits per heavy atom. The van der Waals surface area contributed by atoms with Crippen LogP contribution >= 0.6 is 0 Å². The highest BCUT2D eigenvalue weighted by atomic mass is 19.1. The highest BCUT2D eigenvalue weighted by Gasteiger charge is 2.57. The molecule has 2 aliphatic rings. The first-order valence-electron chi connectivity index (χ1n) is 8.53. The summed E-state index contributed by atoms with van der Waals surface area (Å²) in [7, 11) is 2.13. The minimum absolute atomic E-state index is 0.149. The number of halogens is 1. The van der Waals surface area contributed by atoms with Crippen molar-refractivity contribution in [2.75, 3.05) is 20.1 Å². The molecular formula is C19H28FNO. The molecule has 1 heterocycles. The first kappa shape index (κ1) is 15.9. The molecule has 0 aromatic heterocycles. The second kappa shape index (κ2) is 5.31. The lowest BCUT2D eigenvalue weighted by molar-refractivity contribution is -0.122. The van der Waals surface area contributed by atoms with Crippen LogP contribution in [0.2, 0.25) is 0 Å². The largest absolute Gasteiger partial charge is 0.384 e. The monoisotopic (exact) mass is 305 g/mol. The quantitative estimate of drug-likeness (QED) is 0.904. The maximum atomic E-state index is 14.4. The van der Waals surface area contributed by atoms with Gasteiger partial charge in [-0.15, -0.1) is 0 Å². The number of aryl methyl sites for hydroxylation is 1. The van der Waals surface area contributed by atoms with Gasteiger partial charge in [-0.2, -0.15) is 0 Å². The zero-order chi connectivity index (χ0) is 16.1. The molecule has 0 amide bonds. The molecule has 1 saturated heterocycles. The molecule has 1 N–H and O–H groups in total. The second-order valence-corrected chi connectivity index (χ2v) is 7.82. The Morgan fingerprint density at radius 1 is 1.27 bits per heavy atom. The van der Waals surface area contributed by atoms with Gasteiger partial charge in [-0.25, -0.2) is 4.39 Å². The van der Waals surface area contributed by atoms with Crippen LogP contribution < -0.4 is 0 Å². The number of nitrogens with zero attached hydrogens (tertiary/aromatic N) is 1. The summed E-state index contributed by atoms with van der Waals surface area (Å²) in [4.78, 5) is 2.31. The Kier molecular flexibility index (Phi) is 3.85. The van der Waals surface area contributed by atoms with Crippen LogP contribution in [-0.4, -0.2) is 30.1 Å². The predicted molar refractivity (Wildman–Crippen MR) is 87.4 cm³/mol. The molecule has 1 aromatic rings. The number of aliphatic hydroxyl groups is 1. The Morgan fingerprint density at radius 3 is 2.50 bits per heavy atom. The van der Waals surface area contributed by atoms with E-state index >= 15 is 0 Å². The first-order chi connectivity index (χ1) is 10.3. The van der Waals surface area contributed by atoms with Crippen LogP contribution in [-0.2, 0) is 18.4 Å². The summed E-state index contributed by atoms with van der Waals surface area (Å²) in [5, 5.41) is 11.8. The van der Waals surface area contributed by atoms with Crippen LogP contribution in [0.15, 0.2) is 12.1 Å². The average molecular weight is 305 g/mol. The molecule has 3 heteroatoms. The van der Waals surface area contributed by atoms with E-state index in [0.717, 1.165) is 49.0 Å². The van der Waals surface area contributed by atoms with Gasteiger partial charge in [0.15, 0.2) is 0 Å². The zero-order valence-corrected chi connectivity index (χ0v) is 14.2. The Bertz CT molecular complexity index is 575. The van der Waals surface area contributed by atoms with Crippen LogP contribution in [0.4, 0.5) is 4.39 Å². The summed E-state index contributed by atoms with van der Waals surface area (Å²) in [6.07, 6.45) is 3.43. The van der Waals surface area contributed by atoms with Gasteiger partial charge >= 0.3 is 0 Å². The van der Waals surface area contributed by atoms with Crippen molar-refractivity contribution < 1.29 is 9.50 Å². The molecule has 0 saturated carbocycles. The van der Waals surface area contributed by atoms with Crippen molar-refractivity contribution in [3.63, 3.8) is 0 Å². The van der Waals surface area contributed by atoms with Crippen molar-refractivity contribution in [1.29, 1.82) is 0 Å². The Labute approximate surface area is 133 Å². The van der Waals surface area contributed by atoms with Gasteiger partial charge in [-0.05, 0) is 74.5 Å². The van der Waals surface area contributed by atoms with Crippen molar-refractivity contribution in [2.45, 2.75) is 52.1 Å². The molecule has 1 aliphatic carbocycles. The van der Waals surface area contributed by atoms with E-state index < -0.39 is 5.60 Å². The van der Waals surface area contributed by atoms with Crippen LogP contribution in [0.25, 0.3) is 0 Å². The molecule has 2 nitrogen and oxygen atoms in total. The van der Waals surface area contributed by atoms with Crippen molar-refractivity contribution in [1.82, 2.24) is 4.90 Å². The van der Waals surface area contributed by atoms with E-state index in [1.807, 2.05) is 6.07 Å². The van der Waals surface area contributed by atoms with E-state index in [1.54, 1.807) is 6.07 Å². The molecule has 1 atom stereocenters. The summed E-state index contributed by atoms with van der Waals surface area (Å²) in [5.41, 5.74) is 1.56. The lowest BCUT2D eigenvalue weighted by Crippen LogP contribution is -2.49. The average Bonchev–Trinajstić information content (AvgIpc) is 2.70. The molecule has 1 aliphatic heterocycles. The topological polar surface area (TPSA) is 23.5 Å². The maximum absolute atomic E-state index is 14.4. The lowest BCUT2D eigenvalue weighted by Gasteiger charge is -2.47. The van der Waals surface area contributed by atoms with Crippen molar-refractivity contribution in [3.8, 4) is 0 Å². The van der Waals surface area contributed by atoms with E-state index in [2.05, 4.69) is 32.7 Å². The smallest absolute Gasteiger partial charge is 0.126 e. The van der Waals surface area contributed by atoms with E-state index in [4.69, 9.17) is 0 Å². The number of likely N-dealkylation sites (tertiary alicyclic amines) is 1. The highest BCUT2D eigenvalue weighted by molar-refractivity contribution is 5.47. The van der Waals surface area contributed by atoms with Gasteiger partial charge in [-0.1, -0.05) is 26.8 Å². The van der Waals surface area contributed by atoms with E-state index in [-0.39, 0.29) is 17.2 Å². The van der Waals surface area contributed by atoms with Crippen LogP contribution in [0.5, 0.6) is 0 Å². The molecule has 0 spiro atoms. The third-order valence-electron chi connectivity index (χ3n) is 6.06. The first-order valence-corrected chi connectivity index (χ1v) is 8.53.